The Bertz CT molecular complexity index is 457. The van der Waals surface area contributed by atoms with Crippen molar-refractivity contribution in [2.75, 3.05) is 11.9 Å². The van der Waals surface area contributed by atoms with E-state index in [-0.39, 0.29) is 11.2 Å². The van der Waals surface area contributed by atoms with Crippen molar-refractivity contribution < 1.29 is 0 Å². The van der Waals surface area contributed by atoms with Gasteiger partial charge in [-0.2, -0.15) is 5.26 Å². The molecule has 0 aromatic carbocycles. The number of nitriles is 1. The van der Waals surface area contributed by atoms with Crippen LogP contribution < -0.4 is 5.32 Å². The van der Waals surface area contributed by atoms with Crippen molar-refractivity contribution in [3.05, 3.63) is 17.6 Å². The Morgan fingerprint density at radius 3 is 2.69 bits per heavy atom. The molecular formula is C12H14N4. The van der Waals surface area contributed by atoms with Crippen LogP contribution in [0.15, 0.2) is 6.20 Å². The van der Waals surface area contributed by atoms with Gasteiger partial charge in [-0.05, 0) is 5.41 Å². The first-order chi connectivity index (χ1) is 7.46. The van der Waals surface area contributed by atoms with Crippen molar-refractivity contribution in [1.29, 1.82) is 5.26 Å². The molecule has 0 amide bonds. The van der Waals surface area contributed by atoms with Crippen LogP contribution in [-0.4, -0.2) is 16.5 Å². The molecule has 0 bridgehead atoms. The van der Waals surface area contributed by atoms with Gasteiger partial charge in [0.25, 0.3) is 0 Å². The lowest BCUT2D eigenvalue weighted by atomic mass is 9.97. The van der Waals surface area contributed by atoms with E-state index in [1.807, 2.05) is 6.07 Å². The van der Waals surface area contributed by atoms with Crippen molar-refractivity contribution in [3.63, 3.8) is 0 Å². The molecule has 1 aromatic heterocycles. The summed E-state index contributed by atoms with van der Waals surface area (Å²) in [4.78, 5) is 7.86. The van der Waals surface area contributed by atoms with Gasteiger partial charge in [-0.25, -0.2) is 9.97 Å². The van der Waals surface area contributed by atoms with Gasteiger partial charge in [0.2, 0.25) is 5.82 Å². The Morgan fingerprint density at radius 1 is 1.50 bits per heavy atom. The minimum Gasteiger partial charge on any atom is -0.368 e. The van der Waals surface area contributed by atoms with Crippen molar-refractivity contribution in [1.82, 2.24) is 9.97 Å². The summed E-state index contributed by atoms with van der Waals surface area (Å²) in [5.74, 6) is 3.15. The highest BCUT2D eigenvalue weighted by Crippen LogP contribution is 2.16. The quantitative estimate of drug-likeness (QED) is 0.762. The van der Waals surface area contributed by atoms with E-state index in [4.69, 9.17) is 11.7 Å². The molecule has 16 heavy (non-hydrogen) atoms. The Kier molecular flexibility index (Phi) is 3.48. The first-order valence-electron chi connectivity index (χ1n) is 4.94. The first kappa shape index (κ1) is 12.0. The van der Waals surface area contributed by atoms with Crippen molar-refractivity contribution in [3.8, 4) is 18.4 Å². The van der Waals surface area contributed by atoms with Gasteiger partial charge in [0.1, 0.15) is 11.9 Å². The molecule has 82 valence electrons. The number of rotatable bonds is 2. The molecule has 0 saturated heterocycles. The third-order valence-corrected chi connectivity index (χ3v) is 1.83. The molecule has 0 fully saturated rings. The molecule has 0 radical (unpaired) electrons. The average Bonchev–Trinajstić information content (AvgIpc) is 2.25. The van der Waals surface area contributed by atoms with Gasteiger partial charge in [-0.15, -0.1) is 6.42 Å². The molecule has 0 aliphatic heterocycles. The van der Waals surface area contributed by atoms with Crippen molar-refractivity contribution in [2.45, 2.75) is 20.8 Å². The highest BCUT2D eigenvalue weighted by Gasteiger charge is 2.12. The fraction of sp³-hybridized carbons (Fsp3) is 0.417. The van der Waals surface area contributed by atoms with Crippen molar-refractivity contribution in [2.24, 2.45) is 5.41 Å². The summed E-state index contributed by atoms with van der Waals surface area (Å²) in [6.07, 6.45) is 6.81. The standard InChI is InChI=1S/C12H14N4/c1-5-9-7-14-10(6-13)16-11(9)15-8-12(2,3)4/h1,7H,8H2,2-4H3,(H,14,15,16). The highest BCUT2D eigenvalue weighted by molar-refractivity contribution is 5.52. The van der Waals surface area contributed by atoms with E-state index >= 15 is 0 Å². The minimum atomic E-state index is 0.115. The minimum absolute atomic E-state index is 0.115. The highest BCUT2D eigenvalue weighted by atomic mass is 15.0. The molecule has 0 saturated carbocycles. The van der Waals surface area contributed by atoms with Gasteiger partial charge in [-0.1, -0.05) is 26.7 Å². The lowest BCUT2D eigenvalue weighted by Crippen LogP contribution is -2.20. The van der Waals surface area contributed by atoms with E-state index in [9.17, 15) is 0 Å². The largest absolute Gasteiger partial charge is 0.368 e. The van der Waals surface area contributed by atoms with Crippen LogP contribution in [0.2, 0.25) is 0 Å². The lowest BCUT2D eigenvalue weighted by Gasteiger charge is -2.19. The van der Waals surface area contributed by atoms with E-state index in [1.165, 1.54) is 6.20 Å². The molecule has 4 heteroatoms. The third-order valence-electron chi connectivity index (χ3n) is 1.83. The fourth-order valence-electron chi connectivity index (χ4n) is 1.02. The summed E-state index contributed by atoms with van der Waals surface area (Å²) >= 11 is 0. The molecular weight excluding hydrogens is 200 g/mol. The van der Waals surface area contributed by atoms with E-state index < -0.39 is 0 Å². The van der Waals surface area contributed by atoms with Crippen LogP contribution in [0.5, 0.6) is 0 Å². The predicted molar refractivity (Wildman–Crippen MR) is 62.6 cm³/mol. The van der Waals surface area contributed by atoms with Gasteiger partial charge in [-0.3, -0.25) is 0 Å². The average molecular weight is 214 g/mol. The maximum atomic E-state index is 8.70. The molecule has 0 spiro atoms. The Labute approximate surface area is 95.7 Å². The molecule has 1 N–H and O–H groups in total. The van der Waals surface area contributed by atoms with E-state index in [1.54, 1.807) is 0 Å². The number of nitrogens with zero attached hydrogens (tertiary/aromatic N) is 3. The number of aromatic nitrogens is 2. The lowest BCUT2D eigenvalue weighted by molar-refractivity contribution is 0.442. The first-order valence-corrected chi connectivity index (χ1v) is 4.94. The summed E-state index contributed by atoms with van der Waals surface area (Å²) in [5.41, 5.74) is 0.687. The molecule has 1 heterocycles. The zero-order valence-corrected chi connectivity index (χ0v) is 9.70. The number of anilines is 1. The van der Waals surface area contributed by atoms with E-state index in [2.05, 4.69) is 42.0 Å². The topological polar surface area (TPSA) is 61.6 Å². The van der Waals surface area contributed by atoms with Gasteiger partial charge in [0.15, 0.2) is 0 Å². The van der Waals surface area contributed by atoms with Gasteiger partial charge >= 0.3 is 0 Å². The van der Waals surface area contributed by atoms with Gasteiger partial charge in [0.05, 0.1) is 5.56 Å². The maximum absolute atomic E-state index is 8.70. The Morgan fingerprint density at radius 2 is 2.19 bits per heavy atom. The number of terminal acetylenes is 1. The van der Waals surface area contributed by atoms with Crippen LogP contribution in [-0.2, 0) is 0 Å². The summed E-state index contributed by atoms with van der Waals surface area (Å²) in [6.45, 7) is 7.02. The number of nitrogens with one attached hydrogen (secondary N) is 1. The zero-order chi connectivity index (χ0) is 12.2. The number of hydrogen-bond acceptors (Lipinski definition) is 4. The Hall–Kier alpha value is -2.07. The van der Waals surface area contributed by atoms with Crippen molar-refractivity contribution >= 4 is 5.82 Å². The normalized spacial score (nSPS) is 10.3. The van der Waals surface area contributed by atoms with Gasteiger partial charge in [0, 0.05) is 12.7 Å². The second-order valence-electron chi connectivity index (χ2n) is 4.63. The summed E-state index contributed by atoms with van der Waals surface area (Å²) in [6, 6.07) is 1.89. The molecule has 1 aromatic rings. The summed E-state index contributed by atoms with van der Waals surface area (Å²) in [5, 5.41) is 11.8. The van der Waals surface area contributed by atoms with Crippen LogP contribution in [0.25, 0.3) is 0 Å². The molecule has 0 atom stereocenters. The maximum Gasteiger partial charge on any atom is 0.234 e. The fourth-order valence-corrected chi connectivity index (χ4v) is 1.02. The smallest absolute Gasteiger partial charge is 0.234 e. The van der Waals surface area contributed by atoms with E-state index in [0.29, 0.717) is 11.4 Å². The molecule has 0 aliphatic carbocycles. The second-order valence-corrected chi connectivity index (χ2v) is 4.63. The molecule has 0 unspecified atom stereocenters. The predicted octanol–water partition coefficient (Wildman–Crippen LogP) is 1.79. The SMILES string of the molecule is C#Cc1cnc(C#N)nc1NCC(C)(C)C. The molecule has 0 aliphatic rings. The van der Waals surface area contributed by atoms with Crippen LogP contribution in [0, 0.1) is 29.1 Å². The summed E-state index contributed by atoms with van der Waals surface area (Å²) in [7, 11) is 0. The van der Waals surface area contributed by atoms with E-state index in [0.717, 1.165) is 6.54 Å². The number of hydrogen-bond donors (Lipinski definition) is 1. The van der Waals surface area contributed by atoms with Gasteiger partial charge < -0.3 is 5.32 Å². The second kappa shape index (κ2) is 4.63. The van der Waals surface area contributed by atoms with Crippen LogP contribution in [0.4, 0.5) is 5.82 Å². The monoisotopic (exact) mass is 214 g/mol. The van der Waals surface area contributed by atoms with Crippen LogP contribution in [0.3, 0.4) is 0 Å². The Balaban J connectivity index is 2.94. The summed E-state index contributed by atoms with van der Waals surface area (Å²) < 4.78 is 0. The van der Waals surface area contributed by atoms with Crippen LogP contribution in [0.1, 0.15) is 32.2 Å². The van der Waals surface area contributed by atoms with Crippen LogP contribution >= 0.6 is 0 Å². The molecule has 1 rings (SSSR count). The molecule has 4 nitrogen and oxygen atoms in total. The third kappa shape index (κ3) is 3.25. The zero-order valence-electron chi connectivity index (χ0n) is 9.70.